The molecule has 23 heavy (non-hydrogen) atoms. The van der Waals surface area contributed by atoms with Gasteiger partial charge in [0.15, 0.2) is 5.16 Å². The first-order valence-corrected chi connectivity index (χ1v) is 8.84. The summed E-state index contributed by atoms with van der Waals surface area (Å²) in [6, 6.07) is 5.82. The van der Waals surface area contributed by atoms with E-state index in [9.17, 15) is 4.79 Å². The van der Waals surface area contributed by atoms with Crippen molar-refractivity contribution >= 4 is 39.3 Å². The zero-order valence-corrected chi connectivity index (χ0v) is 15.7. The van der Waals surface area contributed by atoms with Crippen LogP contribution in [0.1, 0.15) is 18.3 Å². The van der Waals surface area contributed by atoms with Crippen LogP contribution in [0.2, 0.25) is 0 Å². The van der Waals surface area contributed by atoms with Crippen molar-refractivity contribution in [2.75, 3.05) is 5.32 Å². The molecular formula is C16H19BrN4OS. The van der Waals surface area contributed by atoms with Gasteiger partial charge < -0.3 is 9.88 Å². The average Bonchev–Trinajstić information content (AvgIpc) is 2.83. The number of carbonyl (C=O) groups excluding carboxylic acids is 1. The third-order valence-corrected chi connectivity index (χ3v) is 4.98. The molecule has 0 spiro atoms. The molecule has 0 saturated carbocycles. The number of allylic oxidation sites excluding steroid dienone is 1. The highest BCUT2D eigenvalue weighted by Crippen LogP contribution is 2.26. The lowest BCUT2D eigenvalue weighted by Gasteiger charge is -2.13. The van der Waals surface area contributed by atoms with E-state index in [1.807, 2.05) is 43.5 Å². The summed E-state index contributed by atoms with van der Waals surface area (Å²) in [6.45, 7) is 10.1. The number of nitrogens with zero attached hydrogens (tertiary/aromatic N) is 3. The van der Waals surface area contributed by atoms with Gasteiger partial charge in [-0.05, 0) is 54.4 Å². The van der Waals surface area contributed by atoms with E-state index in [1.54, 1.807) is 6.08 Å². The van der Waals surface area contributed by atoms with Crippen LogP contribution in [0.15, 0.2) is 40.5 Å². The minimum atomic E-state index is -0.296. The summed E-state index contributed by atoms with van der Waals surface area (Å²) >= 11 is 4.85. The summed E-state index contributed by atoms with van der Waals surface area (Å²) in [7, 11) is 0. The molecule has 122 valence electrons. The van der Waals surface area contributed by atoms with Crippen LogP contribution in [-0.2, 0) is 11.3 Å². The van der Waals surface area contributed by atoms with Crippen molar-refractivity contribution < 1.29 is 4.79 Å². The Bertz CT molecular complexity index is 729. The Morgan fingerprint density at radius 1 is 1.48 bits per heavy atom. The number of rotatable bonds is 6. The molecule has 2 aromatic rings. The fourth-order valence-electron chi connectivity index (χ4n) is 1.96. The van der Waals surface area contributed by atoms with Crippen LogP contribution >= 0.6 is 27.7 Å². The number of aromatic nitrogens is 3. The van der Waals surface area contributed by atoms with Crippen LogP contribution < -0.4 is 5.32 Å². The molecular weight excluding hydrogens is 376 g/mol. The first kappa shape index (κ1) is 17.7. The maximum absolute atomic E-state index is 12.4. The molecule has 1 aromatic heterocycles. The first-order chi connectivity index (χ1) is 10.9. The Balaban J connectivity index is 2.07. The molecule has 1 atom stereocenters. The summed E-state index contributed by atoms with van der Waals surface area (Å²) in [5.41, 5.74) is 1.89. The molecule has 0 aliphatic rings. The minimum Gasteiger partial charge on any atom is -0.324 e. The van der Waals surface area contributed by atoms with E-state index in [2.05, 4.69) is 38.0 Å². The lowest BCUT2D eigenvalue weighted by molar-refractivity contribution is -0.115. The van der Waals surface area contributed by atoms with Crippen LogP contribution in [-0.4, -0.2) is 25.9 Å². The van der Waals surface area contributed by atoms with Crippen LogP contribution in [0.3, 0.4) is 0 Å². The number of benzene rings is 1. The van der Waals surface area contributed by atoms with Crippen molar-refractivity contribution in [3.63, 3.8) is 0 Å². The summed E-state index contributed by atoms with van der Waals surface area (Å²) in [5.74, 6) is 0.728. The minimum absolute atomic E-state index is 0.0784. The number of hydrogen-bond acceptors (Lipinski definition) is 4. The SMILES string of the molecule is C=CCn1c(C)nnc1SC(C)C(=O)Nc1ccc(C)cc1Br. The van der Waals surface area contributed by atoms with Crippen molar-refractivity contribution in [3.8, 4) is 0 Å². The predicted molar refractivity (Wildman–Crippen MR) is 97.8 cm³/mol. The summed E-state index contributed by atoms with van der Waals surface area (Å²) in [5, 5.41) is 11.5. The maximum Gasteiger partial charge on any atom is 0.237 e. The molecule has 1 heterocycles. The zero-order valence-electron chi connectivity index (χ0n) is 13.3. The molecule has 0 radical (unpaired) electrons. The monoisotopic (exact) mass is 394 g/mol. The number of anilines is 1. The Morgan fingerprint density at radius 3 is 2.87 bits per heavy atom. The van der Waals surface area contributed by atoms with E-state index in [0.717, 1.165) is 21.5 Å². The molecule has 1 amide bonds. The molecule has 5 nitrogen and oxygen atoms in total. The predicted octanol–water partition coefficient (Wildman–Crippen LogP) is 3.96. The summed E-state index contributed by atoms with van der Waals surface area (Å²) in [4.78, 5) is 12.4. The molecule has 0 bridgehead atoms. The largest absolute Gasteiger partial charge is 0.324 e. The number of nitrogens with one attached hydrogen (secondary N) is 1. The van der Waals surface area contributed by atoms with Gasteiger partial charge in [0, 0.05) is 11.0 Å². The molecule has 1 aromatic carbocycles. The lowest BCUT2D eigenvalue weighted by atomic mass is 10.2. The van der Waals surface area contributed by atoms with E-state index in [-0.39, 0.29) is 11.2 Å². The van der Waals surface area contributed by atoms with Gasteiger partial charge in [0.25, 0.3) is 0 Å². The summed E-state index contributed by atoms with van der Waals surface area (Å²) in [6.07, 6.45) is 1.79. The number of hydrogen-bond donors (Lipinski definition) is 1. The number of aryl methyl sites for hydroxylation is 2. The van der Waals surface area contributed by atoms with Crippen molar-refractivity contribution in [2.45, 2.75) is 37.7 Å². The van der Waals surface area contributed by atoms with E-state index in [0.29, 0.717) is 11.7 Å². The van der Waals surface area contributed by atoms with E-state index in [4.69, 9.17) is 0 Å². The van der Waals surface area contributed by atoms with Gasteiger partial charge in [-0.15, -0.1) is 16.8 Å². The number of thioether (sulfide) groups is 1. The van der Waals surface area contributed by atoms with Gasteiger partial charge in [0.1, 0.15) is 5.82 Å². The highest BCUT2D eigenvalue weighted by Gasteiger charge is 2.19. The second-order valence-electron chi connectivity index (χ2n) is 5.16. The Kier molecular flexibility index (Phi) is 6.01. The Morgan fingerprint density at radius 2 is 2.22 bits per heavy atom. The smallest absolute Gasteiger partial charge is 0.237 e. The van der Waals surface area contributed by atoms with Crippen LogP contribution in [0.5, 0.6) is 0 Å². The van der Waals surface area contributed by atoms with Crippen molar-refractivity contribution in [3.05, 3.63) is 46.7 Å². The van der Waals surface area contributed by atoms with E-state index in [1.165, 1.54) is 11.8 Å². The second-order valence-corrected chi connectivity index (χ2v) is 7.32. The molecule has 7 heteroatoms. The highest BCUT2D eigenvalue weighted by molar-refractivity contribution is 9.10. The standard InChI is InChI=1S/C16H19BrN4OS/c1-5-8-21-12(4)19-20-16(21)23-11(3)15(22)18-14-7-6-10(2)9-13(14)17/h5-7,9,11H,1,8H2,2-4H3,(H,18,22). The van der Waals surface area contributed by atoms with E-state index >= 15 is 0 Å². The molecule has 0 fully saturated rings. The molecule has 1 unspecified atom stereocenters. The Labute approximate surface area is 148 Å². The number of carbonyl (C=O) groups is 1. The zero-order chi connectivity index (χ0) is 17.0. The van der Waals surface area contributed by atoms with Crippen molar-refractivity contribution in [1.82, 2.24) is 14.8 Å². The highest BCUT2D eigenvalue weighted by atomic mass is 79.9. The summed E-state index contributed by atoms with van der Waals surface area (Å²) < 4.78 is 2.80. The lowest BCUT2D eigenvalue weighted by Crippen LogP contribution is -2.23. The third kappa shape index (κ3) is 4.45. The molecule has 0 aliphatic carbocycles. The van der Waals surface area contributed by atoms with Gasteiger partial charge in [0.2, 0.25) is 5.91 Å². The molecule has 1 N–H and O–H groups in total. The normalized spacial score (nSPS) is 12.0. The van der Waals surface area contributed by atoms with Crippen molar-refractivity contribution in [1.29, 1.82) is 0 Å². The molecule has 0 aliphatic heterocycles. The van der Waals surface area contributed by atoms with Crippen LogP contribution in [0.4, 0.5) is 5.69 Å². The maximum atomic E-state index is 12.4. The second kappa shape index (κ2) is 7.79. The van der Waals surface area contributed by atoms with Crippen LogP contribution in [0, 0.1) is 13.8 Å². The van der Waals surface area contributed by atoms with Crippen molar-refractivity contribution in [2.24, 2.45) is 0 Å². The average molecular weight is 395 g/mol. The van der Waals surface area contributed by atoms with Gasteiger partial charge in [-0.2, -0.15) is 0 Å². The fraction of sp³-hybridized carbons (Fsp3) is 0.312. The number of halogens is 1. The first-order valence-electron chi connectivity index (χ1n) is 7.16. The van der Waals surface area contributed by atoms with Gasteiger partial charge >= 0.3 is 0 Å². The van der Waals surface area contributed by atoms with Gasteiger partial charge in [-0.3, -0.25) is 4.79 Å². The molecule has 0 saturated heterocycles. The van der Waals surface area contributed by atoms with Crippen LogP contribution in [0.25, 0.3) is 0 Å². The molecule has 2 rings (SSSR count). The topological polar surface area (TPSA) is 59.8 Å². The van der Waals surface area contributed by atoms with E-state index < -0.39 is 0 Å². The third-order valence-electron chi connectivity index (χ3n) is 3.25. The Hall–Kier alpha value is -1.60. The number of amides is 1. The fourth-order valence-corrected chi connectivity index (χ4v) is 3.45. The van der Waals surface area contributed by atoms with Gasteiger partial charge in [-0.25, -0.2) is 0 Å². The van der Waals surface area contributed by atoms with Gasteiger partial charge in [-0.1, -0.05) is 23.9 Å². The van der Waals surface area contributed by atoms with Gasteiger partial charge in [0.05, 0.1) is 10.9 Å². The quantitative estimate of drug-likeness (QED) is 0.594.